The quantitative estimate of drug-likeness (QED) is 0.490. The zero-order chi connectivity index (χ0) is 24.9. The summed E-state index contributed by atoms with van der Waals surface area (Å²) in [7, 11) is -2.51. The smallest absolute Gasteiger partial charge is 0.338 e. The number of nitriles is 1. The Balaban J connectivity index is 1.67. The third-order valence-electron chi connectivity index (χ3n) is 4.83. The van der Waals surface area contributed by atoms with Crippen LogP contribution >= 0.6 is 11.6 Å². The number of ether oxygens (including phenoxy) is 1. The van der Waals surface area contributed by atoms with Gasteiger partial charge in [-0.1, -0.05) is 35.4 Å². The van der Waals surface area contributed by atoms with Crippen molar-refractivity contribution in [1.29, 1.82) is 5.26 Å². The molecule has 0 unspecified atom stereocenters. The van der Waals surface area contributed by atoms with E-state index < -0.39 is 28.5 Å². The number of aryl methyl sites for hydroxylation is 1. The largest absolute Gasteiger partial charge is 0.452 e. The van der Waals surface area contributed by atoms with Gasteiger partial charge in [0.1, 0.15) is 6.07 Å². The third kappa shape index (κ3) is 5.73. The van der Waals surface area contributed by atoms with Crippen LogP contribution in [0.1, 0.15) is 21.5 Å². The number of rotatable bonds is 7. The van der Waals surface area contributed by atoms with Crippen molar-refractivity contribution in [3.8, 4) is 6.07 Å². The minimum Gasteiger partial charge on any atom is -0.452 e. The lowest BCUT2D eigenvalue weighted by molar-refractivity contribution is -0.119. The number of esters is 1. The van der Waals surface area contributed by atoms with Gasteiger partial charge in [-0.15, -0.1) is 0 Å². The van der Waals surface area contributed by atoms with Crippen molar-refractivity contribution < 1.29 is 22.7 Å². The molecule has 0 heterocycles. The number of halogens is 1. The molecule has 0 aliphatic carbocycles. The predicted octanol–water partition coefficient (Wildman–Crippen LogP) is 4.14. The van der Waals surface area contributed by atoms with Crippen LogP contribution < -0.4 is 9.62 Å². The van der Waals surface area contributed by atoms with E-state index in [-0.39, 0.29) is 21.0 Å². The van der Waals surface area contributed by atoms with Crippen molar-refractivity contribution in [3.63, 3.8) is 0 Å². The summed E-state index contributed by atoms with van der Waals surface area (Å²) >= 11 is 5.93. The van der Waals surface area contributed by atoms with E-state index in [1.165, 1.54) is 49.5 Å². The second-order valence-corrected chi connectivity index (χ2v) is 9.64. The summed E-state index contributed by atoms with van der Waals surface area (Å²) in [5.41, 5.74) is 2.03. The Morgan fingerprint density at radius 2 is 1.79 bits per heavy atom. The predicted molar refractivity (Wildman–Crippen MR) is 128 cm³/mol. The summed E-state index contributed by atoms with van der Waals surface area (Å²) < 4.78 is 32.2. The molecule has 0 aromatic heterocycles. The maximum absolute atomic E-state index is 13.0. The Bertz CT molecular complexity index is 1380. The SMILES string of the molecule is Cc1ccc(N(C)S(=O)(=O)c2cccc(C(=O)OCC(=O)Nc3ccc(C#N)c(Cl)c3)c2)cc1. The number of carbonyl (C=O) groups excluding carboxylic acids is 2. The molecule has 0 fully saturated rings. The molecule has 0 aliphatic heterocycles. The molecule has 1 amide bonds. The Morgan fingerprint density at radius 3 is 2.44 bits per heavy atom. The van der Waals surface area contributed by atoms with Crippen LogP contribution in [0.15, 0.2) is 71.6 Å². The van der Waals surface area contributed by atoms with Crippen LogP contribution in [0.3, 0.4) is 0 Å². The van der Waals surface area contributed by atoms with E-state index in [0.717, 1.165) is 9.87 Å². The molecule has 10 heteroatoms. The molecule has 0 radical (unpaired) electrons. The van der Waals surface area contributed by atoms with Gasteiger partial charge < -0.3 is 10.1 Å². The lowest BCUT2D eigenvalue weighted by Gasteiger charge is -2.20. The first-order valence-electron chi connectivity index (χ1n) is 9.94. The van der Waals surface area contributed by atoms with Gasteiger partial charge in [0.25, 0.3) is 15.9 Å². The molecule has 8 nitrogen and oxygen atoms in total. The lowest BCUT2D eigenvalue weighted by Crippen LogP contribution is -2.27. The fraction of sp³-hybridized carbons (Fsp3) is 0.125. The molecule has 0 saturated heterocycles. The van der Waals surface area contributed by atoms with Crippen LogP contribution in [0.5, 0.6) is 0 Å². The first-order valence-corrected chi connectivity index (χ1v) is 11.8. The van der Waals surface area contributed by atoms with Crippen LogP contribution in [0.25, 0.3) is 0 Å². The van der Waals surface area contributed by atoms with Gasteiger partial charge in [-0.3, -0.25) is 9.10 Å². The van der Waals surface area contributed by atoms with E-state index >= 15 is 0 Å². The van der Waals surface area contributed by atoms with Crippen LogP contribution in [-0.2, 0) is 19.6 Å². The third-order valence-corrected chi connectivity index (χ3v) is 6.93. The number of hydrogen-bond acceptors (Lipinski definition) is 6. The van der Waals surface area contributed by atoms with Crippen molar-refractivity contribution in [1.82, 2.24) is 0 Å². The van der Waals surface area contributed by atoms with Gasteiger partial charge in [0.15, 0.2) is 6.61 Å². The van der Waals surface area contributed by atoms with Gasteiger partial charge in [-0.25, -0.2) is 13.2 Å². The number of hydrogen-bond donors (Lipinski definition) is 1. The molecule has 34 heavy (non-hydrogen) atoms. The van der Waals surface area contributed by atoms with Crippen LogP contribution in [0, 0.1) is 18.3 Å². The fourth-order valence-electron chi connectivity index (χ4n) is 2.93. The van der Waals surface area contributed by atoms with Crippen LogP contribution in [0.2, 0.25) is 5.02 Å². The van der Waals surface area contributed by atoms with Crippen molar-refractivity contribution in [2.75, 3.05) is 23.3 Å². The molecule has 174 valence electrons. The highest BCUT2D eigenvalue weighted by molar-refractivity contribution is 7.92. The van der Waals surface area contributed by atoms with E-state index in [0.29, 0.717) is 11.4 Å². The maximum Gasteiger partial charge on any atom is 0.338 e. The molecular weight excluding hydrogens is 478 g/mol. The Hall–Kier alpha value is -3.87. The molecule has 0 aliphatic rings. The average molecular weight is 498 g/mol. The zero-order valence-electron chi connectivity index (χ0n) is 18.3. The topological polar surface area (TPSA) is 117 Å². The molecule has 0 bridgehead atoms. The highest BCUT2D eigenvalue weighted by Gasteiger charge is 2.23. The van der Waals surface area contributed by atoms with Gasteiger partial charge in [-0.2, -0.15) is 5.26 Å². The Labute approximate surface area is 202 Å². The molecule has 0 atom stereocenters. The highest BCUT2D eigenvalue weighted by atomic mass is 35.5. The molecule has 3 aromatic carbocycles. The van der Waals surface area contributed by atoms with Gasteiger partial charge in [-0.05, 0) is 55.5 Å². The number of amides is 1. The summed E-state index contributed by atoms with van der Waals surface area (Å²) in [5.74, 6) is -1.49. The van der Waals surface area contributed by atoms with Gasteiger partial charge in [0.2, 0.25) is 0 Å². The first-order chi connectivity index (χ1) is 16.1. The monoisotopic (exact) mass is 497 g/mol. The summed E-state index contributed by atoms with van der Waals surface area (Å²) in [5, 5.41) is 11.6. The maximum atomic E-state index is 13.0. The minimum absolute atomic E-state index is 0.0207. The highest BCUT2D eigenvalue weighted by Crippen LogP contribution is 2.23. The summed E-state index contributed by atoms with van der Waals surface area (Å²) in [4.78, 5) is 24.4. The van der Waals surface area contributed by atoms with Crippen molar-refractivity contribution in [2.45, 2.75) is 11.8 Å². The second-order valence-electron chi connectivity index (χ2n) is 7.27. The van der Waals surface area contributed by atoms with Gasteiger partial charge >= 0.3 is 5.97 Å². The van der Waals surface area contributed by atoms with E-state index in [2.05, 4.69) is 5.32 Å². The number of benzene rings is 3. The lowest BCUT2D eigenvalue weighted by atomic mass is 10.2. The minimum atomic E-state index is -3.93. The van der Waals surface area contributed by atoms with E-state index in [1.807, 2.05) is 13.0 Å². The molecule has 1 N–H and O–H groups in total. The zero-order valence-corrected chi connectivity index (χ0v) is 19.9. The molecular formula is C24H20ClN3O5S. The van der Waals surface area contributed by atoms with E-state index in [1.54, 1.807) is 24.3 Å². The van der Waals surface area contributed by atoms with Crippen molar-refractivity contribution in [3.05, 3.63) is 88.4 Å². The Kier molecular flexibility index (Phi) is 7.56. The molecule has 3 rings (SSSR count). The number of nitrogens with one attached hydrogen (secondary N) is 1. The molecule has 0 spiro atoms. The van der Waals surface area contributed by atoms with Crippen molar-refractivity contribution in [2.24, 2.45) is 0 Å². The molecule has 0 saturated carbocycles. The number of sulfonamides is 1. The average Bonchev–Trinajstić information content (AvgIpc) is 2.82. The number of carbonyl (C=O) groups is 2. The standard InChI is InChI=1S/C24H20ClN3O5S/c1-16-6-10-20(11-7-16)28(2)34(31,32)21-5-3-4-17(12-21)24(30)33-15-23(29)27-19-9-8-18(14-26)22(25)13-19/h3-13H,15H2,1-2H3,(H,27,29). The Morgan fingerprint density at radius 1 is 1.09 bits per heavy atom. The van der Waals surface area contributed by atoms with E-state index in [4.69, 9.17) is 21.6 Å². The molecule has 3 aromatic rings. The summed E-state index contributed by atoms with van der Waals surface area (Å²) in [6.07, 6.45) is 0. The van der Waals surface area contributed by atoms with Crippen molar-refractivity contribution >= 4 is 44.9 Å². The van der Waals surface area contributed by atoms with E-state index in [9.17, 15) is 18.0 Å². The van der Waals surface area contributed by atoms with Gasteiger partial charge in [0, 0.05) is 12.7 Å². The second kappa shape index (κ2) is 10.4. The normalized spacial score (nSPS) is 10.8. The number of nitrogens with zero attached hydrogens (tertiary/aromatic N) is 2. The first kappa shape index (κ1) is 24.8. The summed E-state index contributed by atoms with van der Waals surface area (Å²) in [6, 6.07) is 18.6. The van der Waals surface area contributed by atoms with Gasteiger partial charge in [0.05, 0.1) is 26.7 Å². The van der Waals surface area contributed by atoms with Crippen LogP contribution in [-0.4, -0.2) is 33.9 Å². The van der Waals surface area contributed by atoms with Crippen LogP contribution in [0.4, 0.5) is 11.4 Å². The summed E-state index contributed by atoms with van der Waals surface area (Å²) in [6.45, 7) is 1.30. The fourth-order valence-corrected chi connectivity index (χ4v) is 4.39. The number of anilines is 2.